The van der Waals surface area contributed by atoms with Crippen LogP contribution in [0.25, 0.3) is 10.6 Å². The molecule has 0 unspecified atom stereocenters. The highest BCUT2D eigenvalue weighted by Gasteiger charge is 2.20. The molecule has 0 atom stereocenters. The number of hydrogen-bond acceptors (Lipinski definition) is 7. The molecule has 3 aromatic rings. The fraction of sp³-hybridized carbons (Fsp3) is 0.190. The smallest absolute Gasteiger partial charge is 0.350 e. The number of aromatic nitrogens is 1. The number of Topliss-reactive ketones (excluding diaryl/α,β-unsaturated/α-hetero) is 1. The highest BCUT2D eigenvalue weighted by molar-refractivity contribution is 7.17. The van der Waals surface area contributed by atoms with E-state index in [1.807, 2.05) is 12.1 Å². The second-order valence-corrected chi connectivity index (χ2v) is 7.01. The van der Waals surface area contributed by atoms with Gasteiger partial charge in [-0.3, -0.25) is 4.79 Å². The van der Waals surface area contributed by atoms with Crippen molar-refractivity contribution in [3.05, 3.63) is 64.4 Å². The third-order valence-corrected chi connectivity index (χ3v) is 5.30. The molecule has 0 saturated heterocycles. The lowest BCUT2D eigenvalue weighted by Crippen LogP contribution is -2.15. The fourth-order valence-electron chi connectivity index (χ4n) is 2.62. The summed E-state index contributed by atoms with van der Waals surface area (Å²) in [5.41, 5.74) is 1.35. The van der Waals surface area contributed by atoms with Crippen molar-refractivity contribution >= 4 is 23.1 Å². The standard InChI is InChI=1S/C21H18FNO5S/c1-12-19(29-20(23-12)13-4-7-15(26-2)8-5-13)21(25)28-11-17(24)16-10-14(22)6-9-18(16)27-3/h4-10H,11H2,1-3H3. The summed E-state index contributed by atoms with van der Waals surface area (Å²) in [6.45, 7) is 1.16. The van der Waals surface area contributed by atoms with Gasteiger partial charge < -0.3 is 14.2 Å². The van der Waals surface area contributed by atoms with Crippen LogP contribution in [0, 0.1) is 12.7 Å². The van der Waals surface area contributed by atoms with Crippen molar-refractivity contribution in [1.82, 2.24) is 4.98 Å². The van der Waals surface area contributed by atoms with Crippen LogP contribution < -0.4 is 9.47 Å². The molecule has 0 radical (unpaired) electrons. The first-order valence-electron chi connectivity index (χ1n) is 8.58. The zero-order valence-corrected chi connectivity index (χ0v) is 16.8. The van der Waals surface area contributed by atoms with Gasteiger partial charge in [0, 0.05) is 5.56 Å². The van der Waals surface area contributed by atoms with Gasteiger partial charge in [-0.1, -0.05) is 0 Å². The number of esters is 1. The molecule has 8 heteroatoms. The van der Waals surface area contributed by atoms with E-state index < -0.39 is 24.2 Å². The predicted molar refractivity (Wildman–Crippen MR) is 106 cm³/mol. The van der Waals surface area contributed by atoms with E-state index in [1.165, 1.54) is 30.6 Å². The average Bonchev–Trinajstić information content (AvgIpc) is 3.13. The van der Waals surface area contributed by atoms with Gasteiger partial charge in [-0.05, 0) is 49.4 Å². The number of thiazole rings is 1. The number of carbonyl (C=O) groups is 2. The Labute approximate surface area is 170 Å². The minimum absolute atomic E-state index is 0.0141. The second kappa shape index (κ2) is 8.83. The number of ether oxygens (including phenoxy) is 3. The predicted octanol–water partition coefficient (Wildman–Crippen LogP) is 4.31. The molecule has 0 aliphatic carbocycles. The molecule has 150 valence electrons. The number of carbonyl (C=O) groups excluding carboxylic acids is 2. The maximum Gasteiger partial charge on any atom is 0.350 e. The lowest BCUT2D eigenvalue weighted by molar-refractivity contribution is 0.0477. The molecule has 1 heterocycles. The van der Waals surface area contributed by atoms with Crippen LogP contribution >= 0.6 is 11.3 Å². The van der Waals surface area contributed by atoms with Crippen LogP contribution in [0.3, 0.4) is 0 Å². The molecule has 0 aliphatic rings. The number of nitrogens with zero attached hydrogens (tertiary/aromatic N) is 1. The van der Waals surface area contributed by atoms with Crippen LogP contribution in [0.5, 0.6) is 11.5 Å². The first kappa shape index (κ1) is 20.5. The topological polar surface area (TPSA) is 74.7 Å². The number of methoxy groups -OCH3 is 2. The number of ketones is 1. The summed E-state index contributed by atoms with van der Waals surface area (Å²) in [7, 11) is 2.95. The summed E-state index contributed by atoms with van der Waals surface area (Å²) in [5, 5.41) is 0.648. The maximum absolute atomic E-state index is 13.4. The molecular weight excluding hydrogens is 397 g/mol. The molecular formula is C21H18FNO5S. The van der Waals surface area contributed by atoms with E-state index >= 15 is 0 Å². The number of rotatable bonds is 7. The van der Waals surface area contributed by atoms with Gasteiger partial charge in [-0.25, -0.2) is 14.2 Å². The van der Waals surface area contributed by atoms with Crippen LogP contribution in [0.15, 0.2) is 42.5 Å². The van der Waals surface area contributed by atoms with Gasteiger partial charge in [0.2, 0.25) is 5.78 Å². The molecule has 0 spiro atoms. The molecule has 0 aliphatic heterocycles. The summed E-state index contributed by atoms with van der Waals surface area (Å²) >= 11 is 1.17. The van der Waals surface area contributed by atoms with Crippen molar-refractivity contribution < 1.29 is 28.2 Å². The summed E-state index contributed by atoms with van der Waals surface area (Å²) in [5.74, 6) is -0.880. The van der Waals surface area contributed by atoms with Crippen LogP contribution in [-0.4, -0.2) is 37.6 Å². The quantitative estimate of drug-likeness (QED) is 0.423. The third kappa shape index (κ3) is 4.60. The van der Waals surface area contributed by atoms with Crippen molar-refractivity contribution in [3.8, 4) is 22.1 Å². The summed E-state index contributed by atoms with van der Waals surface area (Å²) in [6.07, 6.45) is 0. The first-order chi connectivity index (χ1) is 13.9. The van der Waals surface area contributed by atoms with E-state index in [1.54, 1.807) is 26.2 Å². The van der Waals surface area contributed by atoms with Gasteiger partial charge in [0.25, 0.3) is 0 Å². The second-order valence-electron chi connectivity index (χ2n) is 6.01. The van der Waals surface area contributed by atoms with Crippen LogP contribution in [0.4, 0.5) is 4.39 Å². The summed E-state index contributed by atoms with van der Waals surface area (Å²) < 4.78 is 28.8. The minimum Gasteiger partial charge on any atom is -0.497 e. The fourth-order valence-corrected chi connectivity index (χ4v) is 3.58. The van der Waals surface area contributed by atoms with E-state index in [9.17, 15) is 14.0 Å². The molecule has 0 fully saturated rings. The Balaban J connectivity index is 1.72. The van der Waals surface area contributed by atoms with Gasteiger partial charge in [0.1, 0.15) is 27.2 Å². The van der Waals surface area contributed by atoms with Crippen molar-refractivity contribution in [2.45, 2.75) is 6.92 Å². The summed E-state index contributed by atoms with van der Waals surface area (Å²) in [4.78, 5) is 29.5. The number of benzene rings is 2. The Bertz CT molecular complexity index is 1050. The molecule has 0 amide bonds. The van der Waals surface area contributed by atoms with Crippen LogP contribution in [0.1, 0.15) is 25.7 Å². The van der Waals surface area contributed by atoms with Crippen molar-refractivity contribution in [1.29, 1.82) is 0 Å². The third-order valence-electron chi connectivity index (χ3n) is 4.12. The summed E-state index contributed by atoms with van der Waals surface area (Å²) in [6, 6.07) is 10.9. The number of aryl methyl sites for hydroxylation is 1. The monoisotopic (exact) mass is 415 g/mol. The molecule has 0 N–H and O–H groups in total. The lowest BCUT2D eigenvalue weighted by atomic mass is 10.1. The lowest BCUT2D eigenvalue weighted by Gasteiger charge is -2.08. The normalized spacial score (nSPS) is 10.5. The molecule has 29 heavy (non-hydrogen) atoms. The molecule has 6 nitrogen and oxygen atoms in total. The molecule has 3 rings (SSSR count). The van der Waals surface area contributed by atoms with Crippen LogP contribution in [-0.2, 0) is 4.74 Å². The highest BCUT2D eigenvalue weighted by Crippen LogP contribution is 2.29. The number of hydrogen-bond donors (Lipinski definition) is 0. The van der Waals surface area contributed by atoms with Gasteiger partial charge in [-0.2, -0.15) is 0 Å². The van der Waals surface area contributed by atoms with E-state index in [0.717, 1.165) is 11.6 Å². The first-order valence-corrected chi connectivity index (χ1v) is 9.40. The van der Waals surface area contributed by atoms with Crippen molar-refractivity contribution in [2.24, 2.45) is 0 Å². The van der Waals surface area contributed by atoms with Crippen molar-refractivity contribution in [3.63, 3.8) is 0 Å². The number of halogens is 1. The Hall–Kier alpha value is -3.26. The van der Waals surface area contributed by atoms with Gasteiger partial charge >= 0.3 is 5.97 Å². The Kier molecular flexibility index (Phi) is 6.23. The highest BCUT2D eigenvalue weighted by atomic mass is 32.1. The zero-order valence-electron chi connectivity index (χ0n) is 16.0. The molecule has 2 aromatic carbocycles. The molecule has 1 aromatic heterocycles. The largest absolute Gasteiger partial charge is 0.497 e. The maximum atomic E-state index is 13.4. The van der Waals surface area contributed by atoms with Gasteiger partial charge in [0.15, 0.2) is 6.61 Å². The Morgan fingerprint density at radius 3 is 2.45 bits per heavy atom. The Morgan fingerprint density at radius 1 is 1.07 bits per heavy atom. The van der Waals surface area contributed by atoms with E-state index in [-0.39, 0.29) is 11.3 Å². The van der Waals surface area contributed by atoms with E-state index in [4.69, 9.17) is 14.2 Å². The van der Waals surface area contributed by atoms with Crippen LogP contribution in [0.2, 0.25) is 0 Å². The Morgan fingerprint density at radius 2 is 1.79 bits per heavy atom. The van der Waals surface area contributed by atoms with E-state index in [2.05, 4.69) is 4.98 Å². The molecule has 0 saturated carbocycles. The van der Waals surface area contributed by atoms with Gasteiger partial charge in [-0.15, -0.1) is 11.3 Å². The average molecular weight is 415 g/mol. The molecule has 0 bridgehead atoms. The zero-order chi connectivity index (χ0) is 21.0. The minimum atomic E-state index is -0.663. The van der Waals surface area contributed by atoms with Gasteiger partial charge in [0.05, 0.1) is 25.5 Å². The van der Waals surface area contributed by atoms with Crippen molar-refractivity contribution in [2.75, 3.05) is 20.8 Å². The SMILES string of the molecule is COc1ccc(-c2nc(C)c(C(=O)OCC(=O)c3cc(F)ccc3OC)s2)cc1. The van der Waals surface area contributed by atoms with E-state index in [0.29, 0.717) is 21.3 Å².